The van der Waals surface area contributed by atoms with Crippen LogP contribution in [0.2, 0.25) is 0 Å². The van der Waals surface area contributed by atoms with Crippen molar-refractivity contribution in [1.29, 1.82) is 0 Å². The Hall–Kier alpha value is -3.82. The molecule has 1 aliphatic rings. The van der Waals surface area contributed by atoms with Crippen molar-refractivity contribution in [2.24, 2.45) is 5.14 Å². The molecule has 184 valence electrons. The van der Waals surface area contributed by atoms with Crippen LogP contribution in [-0.4, -0.2) is 29.2 Å². The molecule has 1 aromatic heterocycles. The summed E-state index contributed by atoms with van der Waals surface area (Å²) in [5, 5.41) is 6.10. The smallest absolute Gasteiger partial charge is 0.273 e. The first kappa shape index (κ1) is 23.9. The third-order valence-electron chi connectivity index (χ3n) is 6.47. The molecule has 3 aromatic carbocycles. The zero-order valence-electron chi connectivity index (χ0n) is 20.3. The maximum absolute atomic E-state index is 13.6. The average molecular weight is 502 g/mol. The maximum Gasteiger partial charge on any atom is 0.273 e. The largest absolute Gasteiger partial charge is 0.368 e. The third kappa shape index (κ3) is 4.20. The number of hydrogen-bond donors (Lipinski definition) is 2. The van der Waals surface area contributed by atoms with Crippen LogP contribution >= 0.6 is 0 Å². The molecule has 0 saturated heterocycles. The monoisotopic (exact) mass is 501 g/mol. The summed E-state index contributed by atoms with van der Waals surface area (Å²) in [6.45, 7) is 6.96. The van der Waals surface area contributed by atoms with Crippen LogP contribution in [0.5, 0.6) is 0 Å². The highest BCUT2D eigenvalue weighted by Crippen LogP contribution is 2.38. The number of carbonyl (C=O) groups excluding carboxylic acids is 1. The van der Waals surface area contributed by atoms with Crippen LogP contribution in [0, 0.1) is 0 Å². The van der Waals surface area contributed by atoms with Crippen molar-refractivity contribution >= 4 is 32.8 Å². The number of nitrogens with two attached hydrogens (primary N) is 2. The van der Waals surface area contributed by atoms with Gasteiger partial charge in [0.1, 0.15) is 5.69 Å². The van der Waals surface area contributed by atoms with E-state index in [-0.39, 0.29) is 27.9 Å². The van der Waals surface area contributed by atoms with Gasteiger partial charge in [-0.2, -0.15) is 0 Å². The molecule has 0 radical (unpaired) electrons. The molecule has 0 unspecified atom stereocenters. The summed E-state index contributed by atoms with van der Waals surface area (Å²) in [5.41, 5.74) is 10.4. The normalized spacial score (nSPS) is 13.7. The minimum absolute atomic E-state index is 0.00405. The fourth-order valence-corrected chi connectivity index (χ4v) is 5.56. The molecule has 0 aliphatic carbocycles. The number of primary sulfonamides is 1. The lowest BCUT2D eigenvalue weighted by Crippen LogP contribution is -2.27. The van der Waals surface area contributed by atoms with Gasteiger partial charge in [0.15, 0.2) is 0 Å². The molecule has 1 amide bonds. The van der Waals surface area contributed by atoms with Crippen LogP contribution in [0.4, 0.5) is 5.95 Å². The molecule has 0 spiro atoms. The van der Waals surface area contributed by atoms with Crippen LogP contribution in [-0.2, 0) is 28.5 Å². The van der Waals surface area contributed by atoms with Gasteiger partial charge >= 0.3 is 0 Å². The molecule has 5 rings (SSSR count). The van der Waals surface area contributed by atoms with E-state index in [1.165, 1.54) is 6.07 Å². The van der Waals surface area contributed by atoms with Crippen LogP contribution < -0.4 is 10.9 Å². The summed E-state index contributed by atoms with van der Waals surface area (Å²) in [7, 11) is -4.02. The summed E-state index contributed by atoms with van der Waals surface area (Å²) >= 11 is 0. The Morgan fingerprint density at radius 1 is 0.944 bits per heavy atom. The number of fused-ring (bicyclic) bond motifs is 2. The predicted octanol–water partition coefficient (Wildman–Crippen LogP) is 3.98. The van der Waals surface area contributed by atoms with Gasteiger partial charge in [0.25, 0.3) is 5.91 Å². The van der Waals surface area contributed by atoms with Gasteiger partial charge in [0.2, 0.25) is 16.0 Å². The number of anilines is 1. The van der Waals surface area contributed by atoms with E-state index in [1.807, 2.05) is 51.1 Å². The lowest BCUT2D eigenvalue weighted by Gasteiger charge is -2.25. The zero-order valence-corrected chi connectivity index (χ0v) is 21.1. The molecular formula is C27H27N5O3S. The number of carbonyl (C=O) groups is 1. The third-order valence-corrected chi connectivity index (χ3v) is 7.43. The second-order valence-corrected chi connectivity index (χ2v) is 11.6. The minimum Gasteiger partial charge on any atom is -0.368 e. The number of nitrogen functional groups attached to an aromatic ring is 1. The molecule has 1 aliphatic heterocycles. The first-order valence-electron chi connectivity index (χ1n) is 11.5. The second-order valence-electron chi connectivity index (χ2n) is 10.1. The van der Waals surface area contributed by atoms with Gasteiger partial charge in [0, 0.05) is 24.0 Å². The standard InChI is InChI=1S/C27H27N5O3S/c1-27(2,3)20-9-6-10-22(36(29,34)35)23(20)16-11-12-21-19(13-16)24(31-26(28)30-21)25(33)32-14-17-7-4-5-8-18(17)15-32/h4-13H,14-15H2,1-3H3,(H2,28,30,31)(H2,29,34,35). The molecule has 9 heteroatoms. The Kier molecular flexibility index (Phi) is 5.57. The number of sulfonamides is 1. The maximum atomic E-state index is 13.6. The highest BCUT2D eigenvalue weighted by molar-refractivity contribution is 7.89. The summed E-state index contributed by atoms with van der Waals surface area (Å²) in [5.74, 6) is -0.270. The number of benzene rings is 3. The van der Waals surface area contributed by atoms with Crippen LogP contribution in [0.3, 0.4) is 0 Å². The van der Waals surface area contributed by atoms with Crippen molar-refractivity contribution in [3.63, 3.8) is 0 Å². The van der Waals surface area contributed by atoms with E-state index in [9.17, 15) is 13.2 Å². The van der Waals surface area contributed by atoms with Crippen molar-refractivity contribution in [3.05, 3.63) is 83.0 Å². The Morgan fingerprint density at radius 2 is 1.61 bits per heavy atom. The van der Waals surface area contributed by atoms with Crippen LogP contribution in [0.25, 0.3) is 22.0 Å². The molecule has 4 N–H and O–H groups in total. The van der Waals surface area contributed by atoms with Gasteiger partial charge < -0.3 is 10.6 Å². The van der Waals surface area contributed by atoms with Gasteiger partial charge in [-0.15, -0.1) is 0 Å². The Balaban J connectivity index is 1.70. The van der Waals surface area contributed by atoms with E-state index < -0.39 is 10.0 Å². The molecule has 2 heterocycles. The van der Waals surface area contributed by atoms with Gasteiger partial charge in [-0.05, 0) is 45.9 Å². The number of rotatable bonds is 3. The van der Waals surface area contributed by atoms with E-state index in [0.717, 1.165) is 16.7 Å². The lowest BCUT2D eigenvalue weighted by molar-refractivity contribution is 0.0747. The van der Waals surface area contributed by atoms with E-state index in [2.05, 4.69) is 9.97 Å². The molecule has 4 aromatic rings. The van der Waals surface area contributed by atoms with Crippen LogP contribution in [0.1, 0.15) is 48.0 Å². The number of amides is 1. The van der Waals surface area contributed by atoms with Crippen molar-refractivity contribution in [2.75, 3.05) is 5.73 Å². The van der Waals surface area contributed by atoms with Gasteiger partial charge in [-0.1, -0.05) is 63.2 Å². The SMILES string of the molecule is CC(C)(C)c1cccc(S(N)(=O)=O)c1-c1ccc2nc(N)nc(C(=O)N3Cc4ccccc4C3)c2c1. The summed E-state index contributed by atoms with van der Waals surface area (Å²) in [4.78, 5) is 24.0. The first-order chi connectivity index (χ1) is 16.9. The lowest BCUT2D eigenvalue weighted by atomic mass is 9.81. The Morgan fingerprint density at radius 3 is 2.22 bits per heavy atom. The van der Waals surface area contributed by atoms with Crippen molar-refractivity contribution in [3.8, 4) is 11.1 Å². The van der Waals surface area contributed by atoms with Crippen LogP contribution in [0.15, 0.2) is 65.6 Å². The van der Waals surface area contributed by atoms with E-state index >= 15 is 0 Å². The minimum atomic E-state index is -4.02. The first-order valence-corrected chi connectivity index (χ1v) is 13.1. The molecule has 0 atom stereocenters. The number of nitrogens with zero attached hydrogens (tertiary/aromatic N) is 3. The average Bonchev–Trinajstić information content (AvgIpc) is 3.25. The molecular weight excluding hydrogens is 474 g/mol. The number of aromatic nitrogens is 2. The van der Waals surface area contributed by atoms with E-state index in [4.69, 9.17) is 10.9 Å². The fraction of sp³-hybridized carbons (Fsp3) is 0.222. The molecule has 8 nitrogen and oxygen atoms in total. The zero-order chi connectivity index (χ0) is 25.8. The summed E-state index contributed by atoms with van der Waals surface area (Å²) in [6.07, 6.45) is 0. The highest BCUT2D eigenvalue weighted by atomic mass is 32.2. The Bertz CT molecular complexity index is 1620. The topological polar surface area (TPSA) is 132 Å². The predicted molar refractivity (Wildman–Crippen MR) is 139 cm³/mol. The van der Waals surface area contributed by atoms with Crippen molar-refractivity contribution in [1.82, 2.24) is 14.9 Å². The molecule has 0 bridgehead atoms. The summed E-state index contributed by atoms with van der Waals surface area (Å²) < 4.78 is 25.1. The van der Waals surface area contributed by atoms with Crippen molar-refractivity contribution < 1.29 is 13.2 Å². The summed E-state index contributed by atoms with van der Waals surface area (Å²) in [6, 6.07) is 18.2. The van der Waals surface area contributed by atoms with Gasteiger partial charge in [-0.25, -0.2) is 23.5 Å². The molecule has 36 heavy (non-hydrogen) atoms. The van der Waals surface area contributed by atoms with Gasteiger partial charge in [-0.3, -0.25) is 4.79 Å². The van der Waals surface area contributed by atoms with E-state index in [1.54, 1.807) is 29.2 Å². The number of hydrogen-bond acceptors (Lipinski definition) is 6. The van der Waals surface area contributed by atoms with Gasteiger partial charge in [0.05, 0.1) is 10.4 Å². The second kappa shape index (κ2) is 8.39. The Labute approximate surface area is 210 Å². The fourth-order valence-electron chi connectivity index (χ4n) is 4.78. The molecule has 0 fully saturated rings. The van der Waals surface area contributed by atoms with Crippen molar-refractivity contribution in [2.45, 2.75) is 44.2 Å². The quantitative estimate of drug-likeness (QED) is 0.436. The molecule has 0 saturated carbocycles. The van der Waals surface area contributed by atoms with E-state index in [0.29, 0.717) is 35.1 Å². The highest BCUT2D eigenvalue weighted by Gasteiger charge is 2.28.